The quantitative estimate of drug-likeness (QED) is 0.673. The molecule has 5 nitrogen and oxygen atoms in total. The fraction of sp³-hybridized carbons (Fsp3) is 0.556. The summed E-state index contributed by atoms with van der Waals surface area (Å²) in [7, 11) is 0. The van der Waals surface area contributed by atoms with Crippen LogP contribution in [0.5, 0.6) is 0 Å². The lowest BCUT2D eigenvalue weighted by molar-refractivity contribution is -0.144. The molecule has 0 bridgehead atoms. The van der Waals surface area contributed by atoms with Gasteiger partial charge >= 0.3 is 5.97 Å². The Kier molecular flexibility index (Phi) is 3.64. The van der Waals surface area contributed by atoms with E-state index in [1.54, 1.807) is 13.3 Å². The Morgan fingerprint density at radius 2 is 2.50 bits per heavy atom. The zero-order valence-corrected chi connectivity index (χ0v) is 8.41. The molecule has 0 amide bonds. The van der Waals surface area contributed by atoms with Crippen LogP contribution in [0.3, 0.4) is 0 Å². The molecule has 0 aliphatic heterocycles. The van der Waals surface area contributed by atoms with Gasteiger partial charge in [0.2, 0.25) is 0 Å². The van der Waals surface area contributed by atoms with Crippen LogP contribution < -0.4 is 5.73 Å². The van der Waals surface area contributed by atoms with Gasteiger partial charge in [-0.25, -0.2) is 4.98 Å². The SMILES string of the molecule is CCOC(=O)C(N)Cc1nc[nH]c1C. The molecule has 1 atom stereocenters. The molecule has 1 aromatic rings. The number of ether oxygens (including phenoxy) is 1. The number of nitrogens with zero attached hydrogens (tertiary/aromatic N) is 1. The molecule has 0 spiro atoms. The first kappa shape index (κ1) is 10.7. The normalized spacial score (nSPS) is 12.5. The first-order valence-electron chi connectivity index (χ1n) is 4.56. The van der Waals surface area contributed by atoms with Gasteiger partial charge in [0, 0.05) is 12.1 Å². The Morgan fingerprint density at radius 1 is 1.79 bits per heavy atom. The molecule has 0 aromatic carbocycles. The van der Waals surface area contributed by atoms with Crippen molar-refractivity contribution < 1.29 is 9.53 Å². The van der Waals surface area contributed by atoms with Crippen LogP contribution in [0.25, 0.3) is 0 Å². The Bertz CT molecular complexity index is 309. The summed E-state index contributed by atoms with van der Waals surface area (Å²) in [6, 6.07) is -0.628. The number of rotatable bonds is 4. The monoisotopic (exact) mass is 197 g/mol. The summed E-state index contributed by atoms with van der Waals surface area (Å²) in [5.74, 6) is -0.380. The minimum Gasteiger partial charge on any atom is -0.465 e. The van der Waals surface area contributed by atoms with Crippen LogP contribution in [0.4, 0.5) is 0 Å². The molecular weight excluding hydrogens is 182 g/mol. The van der Waals surface area contributed by atoms with Crippen molar-refractivity contribution in [2.24, 2.45) is 5.73 Å². The topological polar surface area (TPSA) is 81.0 Å². The van der Waals surface area contributed by atoms with Crippen molar-refractivity contribution in [3.8, 4) is 0 Å². The van der Waals surface area contributed by atoms with Gasteiger partial charge in [0.15, 0.2) is 0 Å². The van der Waals surface area contributed by atoms with Crippen LogP contribution >= 0.6 is 0 Å². The highest BCUT2D eigenvalue weighted by molar-refractivity contribution is 5.75. The predicted molar refractivity (Wildman–Crippen MR) is 51.6 cm³/mol. The third kappa shape index (κ3) is 2.56. The fourth-order valence-electron chi connectivity index (χ4n) is 1.13. The summed E-state index contributed by atoms with van der Waals surface area (Å²) >= 11 is 0. The minimum absolute atomic E-state index is 0.353. The van der Waals surface area contributed by atoms with Gasteiger partial charge in [0.1, 0.15) is 6.04 Å². The van der Waals surface area contributed by atoms with E-state index < -0.39 is 6.04 Å². The Hall–Kier alpha value is -1.36. The lowest BCUT2D eigenvalue weighted by Gasteiger charge is -2.08. The Morgan fingerprint density at radius 3 is 3.00 bits per heavy atom. The maximum absolute atomic E-state index is 11.2. The van der Waals surface area contributed by atoms with Gasteiger partial charge < -0.3 is 15.5 Å². The maximum atomic E-state index is 11.2. The van der Waals surface area contributed by atoms with Gasteiger partial charge in [0.05, 0.1) is 18.6 Å². The molecule has 0 aliphatic rings. The van der Waals surface area contributed by atoms with E-state index in [1.165, 1.54) is 0 Å². The number of hydrogen-bond acceptors (Lipinski definition) is 4. The molecule has 1 aromatic heterocycles. The number of aromatic amines is 1. The number of nitrogens with two attached hydrogens (primary N) is 1. The second-order valence-electron chi connectivity index (χ2n) is 3.04. The lowest BCUT2D eigenvalue weighted by Crippen LogP contribution is -2.34. The van der Waals surface area contributed by atoms with Crippen molar-refractivity contribution in [3.63, 3.8) is 0 Å². The molecule has 1 heterocycles. The van der Waals surface area contributed by atoms with E-state index in [-0.39, 0.29) is 5.97 Å². The van der Waals surface area contributed by atoms with Gasteiger partial charge in [-0.1, -0.05) is 0 Å². The Labute approximate surface area is 82.7 Å². The number of carbonyl (C=O) groups excluding carboxylic acids is 1. The van der Waals surface area contributed by atoms with Crippen LogP contribution in [-0.2, 0) is 16.0 Å². The summed E-state index contributed by atoms with van der Waals surface area (Å²) in [6.07, 6.45) is 2.00. The number of hydrogen-bond donors (Lipinski definition) is 2. The van der Waals surface area contributed by atoms with Crippen molar-refractivity contribution in [1.29, 1.82) is 0 Å². The molecule has 0 radical (unpaired) electrons. The van der Waals surface area contributed by atoms with E-state index in [0.29, 0.717) is 13.0 Å². The molecule has 1 rings (SSSR count). The average Bonchev–Trinajstić information content (AvgIpc) is 2.52. The second-order valence-corrected chi connectivity index (χ2v) is 3.04. The largest absolute Gasteiger partial charge is 0.465 e. The van der Waals surface area contributed by atoms with E-state index in [2.05, 4.69) is 9.97 Å². The number of carbonyl (C=O) groups is 1. The molecule has 0 fully saturated rings. The number of H-pyrrole nitrogens is 1. The number of nitrogens with one attached hydrogen (secondary N) is 1. The van der Waals surface area contributed by atoms with Crippen molar-refractivity contribution in [2.75, 3.05) is 6.61 Å². The maximum Gasteiger partial charge on any atom is 0.323 e. The molecule has 14 heavy (non-hydrogen) atoms. The molecule has 78 valence electrons. The molecule has 0 saturated carbocycles. The summed E-state index contributed by atoms with van der Waals surface area (Å²) in [6.45, 7) is 4.00. The number of aryl methyl sites for hydroxylation is 1. The first-order chi connectivity index (χ1) is 6.65. The van der Waals surface area contributed by atoms with Gasteiger partial charge in [-0.05, 0) is 13.8 Å². The smallest absolute Gasteiger partial charge is 0.323 e. The van der Waals surface area contributed by atoms with E-state index in [1.807, 2.05) is 6.92 Å². The number of imidazole rings is 1. The van der Waals surface area contributed by atoms with Crippen LogP contribution in [0.2, 0.25) is 0 Å². The van der Waals surface area contributed by atoms with Gasteiger partial charge in [0.25, 0.3) is 0 Å². The highest BCUT2D eigenvalue weighted by Crippen LogP contribution is 2.04. The summed E-state index contributed by atoms with van der Waals surface area (Å²) < 4.78 is 4.79. The standard InChI is InChI=1S/C9H15N3O2/c1-3-14-9(13)7(10)4-8-6(2)11-5-12-8/h5,7H,3-4,10H2,1-2H3,(H,11,12). The van der Waals surface area contributed by atoms with Gasteiger partial charge in [-0.15, -0.1) is 0 Å². The molecule has 5 heteroatoms. The van der Waals surface area contributed by atoms with E-state index in [4.69, 9.17) is 10.5 Å². The molecule has 0 aliphatic carbocycles. The van der Waals surface area contributed by atoms with Crippen molar-refractivity contribution >= 4 is 5.97 Å². The van der Waals surface area contributed by atoms with Gasteiger partial charge in [-0.3, -0.25) is 4.79 Å². The van der Waals surface area contributed by atoms with Crippen LogP contribution in [0.1, 0.15) is 18.3 Å². The highest BCUT2D eigenvalue weighted by atomic mass is 16.5. The average molecular weight is 197 g/mol. The zero-order valence-electron chi connectivity index (χ0n) is 8.41. The summed E-state index contributed by atoms with van der Waals surface area (Å²) in [5.41, 5.74) is 7.38. The van der Waals surface area contributed by atoms with E-state index >= 15 is 0 Å². The van der Waals surface area contributed by atoms with Crippen molar-refractivity contribution in [3.05, 3.63) is 17.7 Å². The van der Waals surface area contributed by atoms with E-state index in [9.17, 15) is 4.79 Å². The summed E-state index contributed by atoms with van der Waals surface area (Å²) in [5, 5.41) is 0. The third-order valence-corrected chi connectivity index (χ3v) is 1.94. The molecule has 3 N–H and O–H groups in total. The second kappa shape index (κ2) is 4.76. The van der Waals surface area contributed by atoms with Crippen LogP contribution in [0.15, 0.2) is 6.33 Å². The third-order valence-electron chi connectivity index (χ3n) is 1.94. The highest BCUT2D eigenvalue weighted by Gasteiger charge is 2.17. The molecular formula is C9H15N3O2. The Balaban J connectivity index is 2.52. The van der Waals surface area contributed by atoms with Crippen LogP contribution in [0, 0.1) is 6.92 Å². The van der Waals surface area contributed by atoms with Crippen molar-refractivity contribution in [1.82, 2.24) is 9.97 Å². The number of aromatic nitrogens is 2. The zero-order chi connectivity index (χ0) is 10.6. The molecule has 1 unspecified atom stereocenters. The fourth-order valence-corrected chi connectivity index (χ4v) is 1.13. The van der Waals surface area contributed by atoms with Crippen LogP contribution in [-0.4, -0.2) is 28.6 Å². The minimum atomic E-state index is -0.628. The summed E-state index contributed by atoms with van der Waals surface area (Å²) in [4.78, 5) is 18.2. The predicted octanol–water partition coefficient (Wildman–Crippen LogP) is 0.151. The molecule has 0 saturated heterocycles. The van der Waals surface area contributed by atoms with Gasteiger partial charge in [-0.2, -0.15) is 0 Å². The van der Waals surface area contributed by atoms with Crippen molar-refractivity contribution in [2.45, 2.75) is 26.3 Å². The lowest BCUT2D eigenvalue weighted by atomic mass is 10.1. The number of esters is 1. The first-order valence-corrected chi connectivity index (χ1v) is 4.56. The van der Waals surface area contributed by atoms with E-state index in [0.717, 1.165) is 11.4 Å².